The van der Waals surface area contributed by atoms with Crippen molar-refractivity contribution in [3.8, 4) is 0 Å². The van der Waals surface area contributed by atoms with Crippen molar-refractivity contribution in [1.82, 2.24) is 4.90 Å². The average Bonchev–Trinajstić information content (AvgIpc) is 2.55. The van der Waals surface area contributed by atoms with Crippen molar-refractivity contribution in [2.45, 2.75) is 18.7 Å². The molecule has 0 radical (unpaired) electrons. The van der Waals surface area contributed by atoms with E-state index in [1.165, 1.54) is 0 Å². The van der Waals surface area contributed by atoms with Crippen molar-refractivity contribution in [3.05, 3.63) is 34.9 Å². The van der Waals surface area contributed by atoms with E-state index in [1.54, 1.807) is 13.1 Å². The second-order valence-corrected chi connectivity index (χ2v) is 7.28. The molecule has 2 unspecified atom stereocenters. The highest BCUT2D eigenvalue weighted by Crippen LogP contribution is 2.22. The molecule has 0 aromatic heterocycles. The third kappa shape index (κ3) is 3.03. The molecule has 4 nitrogen and oxygen atoms in total. The molecule has 100 valence electrons. The van der Waals surface area contributed by atoms with Gasteiger partial charge in [0.15, 0.2) is 9.84 Å². The van der Waals surface area contributed by atoms with Crippen LogP contribution in [-0.2, 0) is 16.4 Å². The van der Waals surface area contributed by atoms with Gasteiger partial charge in [-0.25, -0.2) is 8.42 Å². The standard InChI is InChI=1S/C12H16ClNO3S/c1-14(6-9-4-2-3-5-10(9)13)11-7-18(16,17)8-12(11)15/h2-5,11-12,15H,6-8H2,1H3. The topological polar surface area (TPSA) is 57.6 Å². The molecule has 1 saturated heterocycles. The molecule has 0 spiro atoms. The number of rotatable bonds is 3. The average molecular weight is 290 g/mol. The Balaban J connectivity index is 2.09. The Bertz CT molecular complexity index is 532. The largest absolute Gasteiger partial charge is 0.390 e. The zero-order chi connectivity index (χ0) is 13.3. The fraction of sp³-hybridized carbons (Fsp3) is 0.500. The quantitative estimate of drug-likeness (QED) is 0.899. The molecule has 1 aromatic rings. The molecule has 6 heteroatoms. The highest BCUT2D eigenvalue weighted by Gasteiger charge is 2.38. The van der Waals surface area contributed by atoms with Crippen LogP contribution in [0.2, 0.25) is 5.02 Å². The van der Waals surface area contributed by atoms with Crippen LogP contribution < -0.4 is 0 Å². The molecule has 1 heterocycles. The molecule has 0 saturated carbocycles. The van der Waals surface area contributed by atoms with E-state index < -0.39 is 15.9 Å². The molecule has 1 aliphatic heterocycles. The van der Waals surface area contributed by atoms with Crippen LogP contribution in [0.25, 0.3) is 0 Å². The van der Waals surface area contributed by atoms with E-state index in [1.807, 2.05) is 23.1 Å². The molecule has 0 bridgehead atoms. The summed E-state index contributed by atoms with van der Waals surface area (Å²) in [5.41, 5.74) is 0.929. The van der Waals surface area contributed by atoms with E-state index in [-0.39, 0.29) is 17.5 Å². The van der Waals surface area contributed by atoms with Crippen LogP contribution in [0, 0.1) is 0 Å². The SMILES string of the molecule is CN(Cc1ccccc1Cl)C1CS(=O)(=O)CC1O. The Kier molecular flexibility index (Phi) is 3.96. The Morgan fingerprint density at radius 1 is 1.39 bits per heavy atom. The van der Waals surface area contributed by atoms with E-state index in [2.05, 4.69) is 0 Å². The van der Waals surface area contributed by atoms with Crippen LogP contribution in [0.1, 0.15) is 5.56 Å². The Morgan fingerprint density at radius 2 is 2.06 bits per heavy atom. The molecule has 1 N–H and O–H groups in total. The van der Waals surface area contributed by atoms with Crippen LogP contribution in [0.5, 0.6) is 0 Å². The Labute approximate surface area is 112 Å². The third-order valence-electron chi connectivity index (χ3n) is 3.24. The van der Waals surface area contributed by atoms with Crippen LogP contribution in [0.15, 0.2) is 24.3 Å². The molecule has 0 aliphatic carbocycles. The predicted octanol–water partition coefficient (Wildman–Crippen LogP) is 0.930. The van der Waals surface area contributed by atoms with Gasteiger partial charge in [0.2, 0.25) is 0 Å². The van der Waals surface area contributed by atoms with Gasteiger partial charge in [0.05, 0.1) is 23.7 Å². The smallest absolute Gasteiger partial charge is 0.154 e. The van der Waals surface area contributed by atoms with Crippen molar-refractivity contribution in [3.63, 3.8) is 0 Å². The molecule has 2 atom stereocenters. The minimum absolute atomic E-state index is 0.00905. The van der Waals surface area contributed by atoms with Gasteiger partial charge in [0.1, 0.15) is 0 Å². The minimum Gasteiger partial charge on any atom is -0.390 e. The number of aliphatic hydroxyl groups excluding tert-OH is 1. The lowest BCUT2D eigenvalue weighted by molar-refractivity contribution is 0.0958. The Morgan fingerprint density at radius 3 is 2.61 bits per heavy atom. The molecule has 18 heavy (non-hydrogen) atoms. The first kappa shape index (κ1) is 13.8. The van der Waals surface area contributed by atoms with E-state index >= 15 is 0 Å². The van der Waals surface area contributed by atoms with Gasteiger partial charge < -0.3 is 5.11 Å². The number of nitrogens with zero attached hydrogens (tertiary/aromatic N) is 1. The zero-order valence-electron chi connectivity index (χ0n) is 10.1. The van der Waals surface area contributed by atoms with Crippen molar-refractivity contribution < 1.29 is 13.5 Å². The summed E-state index contributed by atoms with van der Waals surface area (Å²) >= 11 is 6.06. The summed E-state index contributed by atoms with van der Waals surface area (Å²) in [6.45, 7) is 0.525. The van der Waals surface area contributed by atoms with Crippen molar-refractivity contribution in [1.29, 1.82) is 0 Å². The molecular weight excluding hydrogens is 274 g/mol. The van der Waals surface area contributed by atoms with E-state index in [4.69, 9.17) is 11.6 Å². The number of likely N-dealkylation sites (N-methyl/N-ethyl adjacent to an activating group) is 1. The van der Waals surface area contributed by atoms with Crippen molar-refractivity contribution in [2.24, 2.45) is 0 Å². The van der Waals surface area contributed by atoms with Gasteiger partial charge in [0, 0.05) is 11.6 Å². The first-order valence-electron chi connectivity index (χ1n) is 5.71. The Hall–Kier alpha value is -0.620. The summed E-state index contributed by atoms with van der Waals surface area (Å²) < 4.78 is 22.9. The summed E-state index contributed by atoms with van der Waals surface area (Å²) in [4.78, 5) is 1.84. The van der Waals surface area contributed by atoms with Gasteiger partial charge in [-0.2, -0.15) is 0 Å². The van der Waals surface area contributed by atoms with Crippen LogP contribution in [-0.4, -0.2) is 49.1 Å². The van der Waals surface area contributed by atoms with Gasteiger partial charge in [0.25, 0.3) is 0 Å². The maximum absolute atomic E-state index is 11.5. The number of aliphatic hydroxyl groups is 1. The monoisotopic (exact) mass is 289 g/mol. The van der Waals surface area contributed by atoms with Gasteiger partial charge >= 0.3 is 0 Å². The first-order valence-corrected chi connectivity index (χ1v) is 7.91. The molecule has 2 rings (SSSR count). The van der Waals surface area contributed by atoms with Crippen LogP contribution >= 0.6 is 11.6 Å². The van der Waals surface area contributed by atoms with Gasteiger partial charge in [-0.1, -0.05) is 29.8 Å². The summed E-state index contributed by atoms with van der Waals surface area (Å²) in [7, 11) is -1.31. The van der Waals surface area contributed by atoms with Crippen LogP contribution in [0.4, 0.5) is 0 Å². The normalized spacial score (nSPS) is 26.7. The third-order valence-corrected chi connectivity index (χ3v) is 5.30. The van der Waals surface area contributed by atoms with E-state index in [0.717, 1.165) is 5.56 Å². The highest BCUT2D eigenvalue weighted by molar-refractivity contribution is 7.91. The van der Waals surface area contributed by atoms with E-state index in [0.29, 0.717) is 11.6 Å². The van der Waals surface area contributed by atoms with Crippen LogP contribution in [0.3, 0.4) is 0 Å². The van der Waals surface area contributed by atoms with Gasteiger partial charge in [-0.15, -0.1) is 0 Å². The number of benzene rings is 1. The molecule has 1 aliphatic rings. The van der Waals surface area contributed by atoms with E-state index in [9.17, 15) is 13.5 Å². The predicted molar refractivity (Wildman–Crippen MR) is 71.4 cm³/mol. The second kappa shape index (κ2) is 5.17. The maximum atomic E-state index is 11.5. The summed E-state index contributed by atoms with van der Waals surface area (Å²) in [5, 5.41) is 10.4. The zero-order valence-corrected chi connectivity index (χ0v) is 11.7. The first-order chi connectivity index (χ1) is 8.39. The summed E-state index contributed by atoms with van der Waals surface area (Å²) in [5.74, 6) is -0.139. The minimum atomic E-state index is -3.12. The number of hydrogen-bond donors (Lipinski definition) is 1. The van der Waals surface area contributed by atoms with Crippen molar-refractivity contribution >= 4 is 21.4 Å². The maximum Gasteiger partial charge on any atom is 0.154 e. The fourth-order valence-electron chi connectivity index (χ4n) is 2.24. The lowest BCUT2D eigenvalue weighted by Crippen LogP contribution is -2.40. The number of hydrogen-bond acceptors (Lipinski definition) is 4. The number of sulfone groups is 1. The summed E-state index contributed by atoms with van der Waals surface area (Å²) in [6.07, 6.45) is -0.817. The van der Waals surface area contributed by atoms with Gasteiger partial charge in [-0.05, 0) is 18.7 Å². The number of halogens is 1. The summed E-state index contributed by atoms with van der Waals surface area (Å²) in [6, 6.07) is 7.07. The highest BCUT2D eigenvalue weighted by atomic mass is 35.5. The fourth-order valence-corrected chi connectivity index (χ4v) is 4.32. The molecule has 0 amide bonds. The van der Waals surface area contributed by atoms with Crippen molar-refractivity contribution in [2.75, 3.05) is 18.6 Å². The molecular formula is C12H16ClNO3S. The lowest BCUT2D eigenvalue weighted by atomic mass is 10.1. The molecule has 1 aromatic carbocycles. The second-order valence-electron chi connectivity index (χ2n) is 4.72. The van der Waals surface area contributed by atoms with Gasteiger partial charge in [-0.3, -0.25) is 4.90 Å². The lowest BCUT2D eigenvalue weighted by Gasteiger charge is -2.26. The molecule has 1 fully saturated rings.